The highest BCUT2D eigenvalue weighted by Crippen LogP contribution is 2.25. The van der Waals surface area contributed by atoms with Gasteiger partial charge in [0.05, 0.1) is 29.6 Å². The van der Waals surface area contributed by atoms with Gasteiger partial charge in [-0.15, -0.1) is 11.3 Å². The zero-order chi connectivity index (χ0) is 13.5. The zero-order valence-electron chi connectivity index (χ0n) is 9.55. The molecule has 2 unspecified atom stereocenters. The van der Waals surface area contributed by atoms with Crippen LogP contribution in [0, 0.1) is 0 Å². The van der Waals surface area contributed by atoms with Gasteiger partial charge in [-0.2, -0.15) is 0 Å². The number of ether oxygens (including phenoxy) is 1. The molecule has 2 N–H and O–H groups in total. The second kappa shape index (κ2) is 6.92. The quantitative estimate of drug-likeness (QED) is 0.346. The van der Waals surface area contributed by atoms with Crippen LogP contribution < -0.4 is 0 Å². The Balaban J connectivity index is 2.85. The molecule has 18 heavy (non-hydrogen) atoms. The molecule has 0 amide bonds. The minimum absolute atomic E-state index is 0.0330. The van der Waals surface area contributed by atoms with Crippen molar-refractivity contribution in [1.29, 1.82) is 0 Å². The molecule has 1 aromatic rings. The number of nitrogens with zero attached hydrogens (tertiary/aromatic N) is 4. The predicted molar refractivity (Wildman–Crippen MR) is 63.1 cm³/mol. The number of thiazole rings is 1. The molecular formula is C9H12N4O4S. The number of hydrogen-bond donors (Lipinski definition) is 2. The van der Waals surface area contributed by atoms with E-state index < -0.39 is 18.2 Å². The van der Waals surface area contributed by atoms with Crippen molar-refractivity contribution in [3.05, 3.63) is 26.5 Å². The predicted octanol–water partition coefficient (Wildman–Crippen LogP) is 1.02. The summed E-state index contributed by atoms with van der Waals surface area (Å²) in [6.07, 6.45) is -2.64. The lowest BCUT2D eigenvalue weighted by atomic mass is 10.1. The van der Waals surface area contributed by atoms with Crippen LogP contribution in [0.1, 0.15) is 28.4 Å². The molecule has 1 heterocycles. The number of aliphatic hydroxyl groups excluding tert-OH is 2. The van der Waals surface area contributed by atoms with Crippen molar-refractivity contribution < 1.29 is 19.7 Å². The Morgan fingerprint density at radius 2 is 2.44 bits per heavy atom. The van der Waals surface area contributed by atoms with Gasteiger partial charge in [-0.1, -0.05) is 5.11 Å². The smallest absolute Gasteiger partial charge is 0.358 e. The first kappa shape index (κ1) is 14.4. The third-order valence-electron chi connectivity index (χ3n) is 2.03. The Bertz CT molecular complexity index is 457. The summed E-state index contributed by atoms with van der Waals surface area (Å²) in [5.41, 5.74) is 9.46. The highest BCUT2D eigenvalue weighted by molar-refractivity contribution is 7.10. The summed E-state index contributed by atoms with van der Waals surface area (Å²) >= 11 is 1.02. The molecule has 0 bridgehead atoms. The molecule has 0 aliphatic carbocycles. The lowest BCUT2D eigenvalue weighted by molar-refractivity contribution is 0.0244. The Morgan fingerprint density at radius 1 is 1.72 bits per heavy atom. The van der Waals surface area contributed by atoms with E-state index in [0.29, 0.717) is 0 Å². The van der Waals surface area contributed by atoms with Crippen molar-refractivity contribution in [2.75, 3.05) is 13.2 Å². The Kier molecular flexibility index (Phi) is 5.53. The molecule has 0 saturated heterocycles. The summed E-state index contributed by atoms with van der Waals surface area (Å²) in [6, 6.07) is 0. The first-order valence-electron chi connectivity index (χ1n) is 5.09. The minimum Gasteiger partial charge on any atom is -0.461 e. The monoisotopic (exact) mass is 272 g/mol. The van der Waals surface area contributed by atoms with Crippen LogP contribution >= 0.6 is 11.3 Å². The van der Waals surface area contributed by atoms with E-state index in [-0.39, 0.29) is 23.7 Å². The van der Waals surface area contributed by atoms with E-state index in [4.69, 9.17) is 10.3 Å². The largest absolute Gasteiger partial charge is 0.461 e. The number of rotatable bonds is 6. The van der Waals surface area contributed by atoms with Crippen LogP contribution in [0.15, 0.2) is 10.6 Å². The molecule has 0 radical (unpaired) electrons. The first-order valence-corrected chi connectivity index (χ1v) is 5.97. The number of aromatic nitrogens is 1. The molecule has 2 atom stereocenters. The fourth-order valence-corrected chi connectivity index (χ4v) is 2.03. The third-order valence-corrected chi connectivity index (χ3v) is 2.93. The number of carbonyl (C=O) groups is 1. The molecule has 9 heteroatoms. The average Bonchev–Trinajstić information content (AvgIpc) is 2.84. The van der Waals surface area contributed by atoms with Crippen LogP contribution in [0.3, 0.4) is 0 Å². The number of esters is 1. The summed E-state index contributed by atoms with van der Waals surface area (Å²) in [7, 11) is 0. The Hall–Kier alpha value is -1.67. The van der Waals surface area contributed by atoms with Gasteiger partial charge in [-0.3, -0.25) is 0 Å². The topological polar surface area (TPSA) is 128 Å². The zero-order valence-corrected chi connectivity index (χ0v) is 10.4. The molecule has 0 spiro atoms. The fraction of sp³-hybridized carbons (Fsp3) is 0.556. The standard InChI is InChI=1S/C9H12N4O4S/c1-2-17-9(16)6-8(18-4-11-6)7(15)5(14)3-12-13-10/h4-5,7,14-15H,2-3H2,1H3. The summed E-state index contributed by atoms with van der Waals surface area (Å²) in [5.74, 6) is -0.663. The van der Waals surface area contributed by atoms with Crippen molar-refractivity contribution in [3.63, 3.8) is 0 Å². The van der Waals surface area contributed by atoms with E-state index in [1.54, 1.807) is 6.92 Å². The van der Waals surface area contributed by atoms with Crippen molar-refractivity contribution in [2.45, 2.75) is 19.1 Å². The lowest BCUT2D eigenvalue weighted by Gasteiger charge is -2.14. The van der Waals surface area contributed by atoms with E-state index >= 15 is 0 Å². The second-order valence-electron chi connectivity index (χ2n) is 3.21. The molecule has 0 aliphatic rings. The lowest BCUT2D eigenvalue weighted by Crippen LogP contribution is -2.22. The molecular weight excluding hydrogens is 260 g/mol. The molecule has 0 fully saturated rings. The molecule has 1 rings (SSSR count). The number of hydrogen-bond acceptors (Lipinski definition) is 7. The number of azide groups is 1. The van der Waals surface area contributed by atoms with Gasteiger partial charge in [0, 0.05) is 4.91 Å². The van der Waals surface area contributed by atoms with Crippen LogP contribution in [0.5, 0.6) is 0 Å². The van der Waals surface area contributed by atoms with E-state index in [1.807, 2.05) is 0 Å². The average molecular weight is 272 g/mol. The molecule has 0 aliphatic heterocycles. The van der Waals surface area contributed by atoms with Gasteiger partial charge in [-0.05, 0) is 12.5 Å². The van der Waals surface area contributed by atoms with Crippen molar-refractivity contribution >= 4 is 17.3 Å². The Morgan fingerprint density at radius 3 is 3.06 bits per heavy atom. The Labute approximate surface area is 106 Å². The summed E-state index contributed by atoms with van der Waals surface area (Å²) in [6.45, 7) is 1.54. The van der Waals surface area contributed by atoms with Crippen LogP contribution in [-0.2, 0) is 4.74 Å². The van der Waals surface area contributed by atoms with Crippen LogP contribution in [-0.4, -0.2) is 40.4 Å². The number of aliphatic hydroxyl groups is 2. The van der Waals surface area contributed by atoms with Gasteiger partial charge < -0.3 is 14.9 Å². The fourth-order valence-electron chi connectivity index (χ4n) is 1.21. The summed E-state index contributed by atoms with van der Waals surface area (Å²) < 4.78 is 4.77. The second-order valence-corrected chi connectivity index (χ2v) is 4.10. The van der Waals surface area contributed by atoms with Crippen molar-refractivity contribution in [1.82, 2.24) is 4.98 Å². The van der Waals surface area contributed by atoms with Gasteiger partial charge in [0.2, 0.25) is 0 Å². The van der Waals surface area contributed by atoms with E-state index in [1.165, 1.54) is 5.51 Å². The molecule has 0 aromatic carbocycles. The van der Waals surface area contributed by atoms with Gasteiger partial charge in [-0.25, -0.2) is 9.78 Å². The van der Waals surface area contributed by atoms with Crippen LogP contribution in [0.2, 0.25) is 0 Å². The van der Waals surface area contributed by atoms with E-state index in [0.717, 1.165) is 11.3 Å². The van der Waals surface area contributed by atoms with Gasteiger partial charge >= 0.3 is 5.97 Å². The first-order chi connectivity index (χ1) is 8.61. The highest BCUT2D eigenvalue weighted by atomic mass is 32.1. The van der Waals surface area contributed by atoms with Crippen molar-refractivity contribution in [2.24, 2.45) is 5.11 Å². The van der Waals surface area contributed by atoms with Gasteiger partial charge in [0.1, 0.15) is 6.10 Å². The van der Waals surface area contributed by atoms with E-state index in [2.05, 4.69) is 15.0 Å². The van der Waals surface area contributed by atoms with E-state index in [9.17, 15) is 15.0 Å². The maximum absolute atomic E-state index is 11.5. The molecule has 1 aromatic heterocycles. The minimum atomic E-state index is -1.34. The summed E-state index contributed by atoms with van der Waals surface area (Å²) in [5, 5.41) is 22.6. The van der Waals surface area contributed by atoms with Crippen LogP contribution in [0.25, 0.3) is 10.4 Å². The maximum atomic E-state index is 11.5. The van der Waals surface area contributed by atoms with Gasteiger partial charge in [0.15, 0.2) is 5.69 Å². The van der Waals surface area contributed by atoms with Gasteiger partial charge in [0.25, 0.3) is 0 Å². The molecule has 98 valence electrons. The highest BCUT2D eigenvalue weighted by Gasteiger charge is 2.26. The van der Waals surface area contributed by atoms with Crippen LogP contribution in [0.4, 0.5) is 0 Å². The summed E-state index contributed by atoms with van der Waals surface area (Å²) in [4.78, 5) is 18.0. The maximum Gasteiger partial charge on any atom is 0.358 e. The van der Waals surface area contributed by atoms with Crippen molar-refractivity contribution in [3.8, 4) is 0 Å². The number of carbonyl (C=O) groups excluding carboxylic acids is 1. The SMILES string of the molecule is CCOC(=O)c1ncsc1C(O)C(O)CN=[N+]=[N-]. The molecule has 8 nitrogen and oxygen atoms in total. The third kappa shape index (κ3) is 3.41. The normalized spacial score (nSPS) is 13.5. The molecule has 0 saturated carbocycles.